The van der Waals surface area contributed by atoms with Crippen LogP contribution in [-0.4, -0.2) is 57.9 Å². The zero-order chi connectivity index (χ0) is 23.8. The van der Waals surface area contributed by atoms with Crippen LogP contribution in [0.1, 0.15) is 30.0 Å². The first-order valence-corrected chi connectivity index (χ1v) is 11.4. The number of nitrogens with one attached hydrogen (secondary N) is 1. The van der Waals surface area contributed by atoms with Crippen LogP contribution in [0, 0.1) is 13.8 Å². The minimum absolute atomic E-state index is 0.167. The fourth-order valence-corrected chi connectivity index (χ4v) is 3.93. The van der Waals surface area contributed by atoms with E-state index < -0.39 is 0 Å². The van der Waals surface area contributed by atoms with Gasteiger partial charge in [-0.05, 0) is 55.7 Å². The molecule has 178 valence electrons. The lowest BCUT2D eigenvalue weighted by Gasteiger charge is -2.36. The van der Waals surface area contributed by atoms with Gasteiger partial charge in [-0.15, -0.1) is 0 Å². The molecule has 1 amide bonds. The molecule has 0 radical (unpaired) electrons. The SMILES string of the molecule is CCCOc1c(OC)cc(C=CC(=O)NN2CCN(c3ccc(C)cc3C)CC2)cc1OC. The van der Waals surface area contributed by atoms with Crippen LogP contribution < -0.4 is 24.5 Å². The largest absolute Gasteiger partial charge is 0.493 e. The second kappa shape index (κ2) is 11.6. The van der Waals surface area contributed by atoms with Crippen LogP contribution in [0.2, 0.25) is 0 Å². The number of benzene rings is 2. The molecule has 0 aliphatic carbocycles. The molecule has 1 heterocycles. The Balaban J connectivity index is 1.58. The van der Waals surface area contributed by atoms with Crippen LogP contribution >= 0.6 is 0 Å². The predicted molar refractivity (Wildman–Crippen MR) is 132 cm³/mol. The molecule has 1 saturated heterocycles. The maximum Gasteiger partial charge on any atom is 0.258 e. The first kappa shape index (κ1) is 24.5. The molecule has 0 bridgehead atoms. The second-order valence-electron chi connectivity index (χ2n) is 8.18. The number of ether oxygens (including phenoxy) is 3. The number of aryl methyl sites for hydroxylation is 2. The third-order valence-corrected chi connectivity index (χ3v) is 5.60. The Kier molecular flexibility index (Phi) is 8.60. The topological polar surface area (TPSA) is 63.3 Å². The lowest BCUT2D eigenvalue weighted by Crippen LogP contribution is -2.53. The molecular formula is C26H35N3O4. The highest BCUT2D eigenvalue weighted by atomic mass is 16.5. The first-order chi connectivity index (χ1) is 15.9. The standard InChI is InChI=1S/C26H35N3O4/c1-6-15-33-26-23(31-4)17-21(18-24(26)32-5)8-10-25(30)27-29-13-11-28(12-14-29)22-9-7-19(2)16-20(22)3/h7-10,16-18H,6,11-15H2,1-5H3,(H,27,30). The van der Waals surface area contributed by atoms with E-state index in [-0.39, 0.29) is 5.91 Å². The number of carbonyl (C=O) groups is 1. The normalized spacial score (nSPS) is 14.4. The van der Waals surface area contributed by atoms with Gasteiger partial charge in [-0.2, -0.15) is 0 Å². The van der Waals surface area contributed by atoms with Gasteiger partial charge < -0.3 is 19.1 Å². The average molecular weight is 454 g/mol. The Labute approximate surface area is 196 Å². The van der Waals surface area contributed by atoms with Gasteiger partial charge in [0.05, 0.1) is 20.8 Å². The summed E-state index contributed by atoms with van der Waals surface area (Å²) in [6.45, 7) is 10.1. The molecule has 33 heavy (non-hydrogen) atoms. The summed E-state index contributed by atoms with van der Waals surface area (Å²) in [5.74, 6) is 1.56. The fraction of sp³-hybridized carbons (Fsp3) is 0.423. The van der Waals surface area contributed by atoms with Crippen LogP contribution in [0.25, 0.3) is 6.08 Å². The first-order valence-electron chi connectivity index (χ1n) is 11.4. The van der Waals surface area contributed by atoms with Gasteiger partial charge in [0, 0.05) is 37.9 Å². The van der Waals surface area contributed by atoms with E-state index in [4.69, 9.17) is 14.2 Å². The number of hydrogen-bond acceptors (Lipinski definition) is 6. The summed E-state index contributed by atoms with van der Waals surface area (Å²) in [5.41, 5.74) is 7.59. The van der Waals surface area contributed by atoms with Crippen molar-refractivity contribution in [2.45, 2.75) is 27.2 Å². The Morgan fingerprint density at radius 3 is 2.27 bits per heavy atom. The maximum absolute atomic E-state index is 12.5. The molecule has 1 N–H and O–H groups in total. The molecule has 7 heteroatoms. The molecule has 0 unspecified atom stereocenters. The van der Waals surface area contributed by atoms with Gasteiger partial charge in [-0.1, -0.05) is 24.6 Å². The summed E-state index contributed by atoms with van der Waals surface area (Å²) in [7, 11) is 3.18. The van der Waals surface area contributed by atoms with Crippen molar-refractivity contribution in [1.82, 2.24) is 10.4 Å². The number of nitrogens with zero attached hydrogens (tertiary/aromatic N) is 2. The van der Waals surface area contributed by atoms with Crippen molar-refractivity contribution in [3.8, 4) is 17.2 Å². The zero-order valence-corrected chi connectivity index (χ0v) is 20.3. The minimum Gasteiger partial charge on any atom is -0.493 e. The summed E-state index contributed by atoms with van der Waals surface area (Å²) in [5, 5.41) is 1.97. The molecule has 0 aromatic heterocycles. The molecule has 1 fully saturated rings. The molecule has 2 aromatic carbocycles. The number of carbonyl (C=O) groups excluding carboxylic acids is 1. The summed E-state index contributed by atoms with van der Waals surface area (Å²) in [6.07, 6.45) is 4.15. The van der Waals surface area contributed by atoms with Gasteiger partial charge in [-0.3, -0.25) is 10.2 Å². The van der Waals surface area contributed by atoms with E-state index in [0.717, 1.165) is 38.2 Å². The smallest absolute Gasteiger partial charge is 0.258 e. The Morgan fingerprint density at radius 1 is 1.03 bits per heavy atom. The monoisotopic (exact) mass is 453 g/mol. The number of piperazine rings is 1. The van der Waals surface area contributed by atoms with E-state index in [9.17, 15) is 4.79 Å². The van der Waals surface area contributed by atoms with Gasteiger partial charge in [0.25, 0.3) is 5.91 Å². The van der Waals surface area contributed by atoms with E-state index in [0.29, 0.717) is 23.9 Å². The molecular weight excluding hydrogens is 418 g/mol. The summed E-state index contributed by atoms with van der Waals surface area (Å²) < 4.78 is 16.7. The van der Waals surface area contributed by atoms with Crippen LogP contribution in [0.5, 0.6) is 17.2 Å². The van der Waals surface area contributed by atoms with Gasteiger partial charge in [0.2, 0.25) is 5.75 Å². The Bertz CT molecular complexity index is 956. The van der Waals surface area contributed by atoms with Crippen LogP contribution in [-0.2, 0) is 4.79 Å². The fourth-order valence-electron chi connectivity index (χ4n) is 3.93. The molecule has 1 aliphatic rings. The molecule has 0 saturated carbocycles. The van der Waals surface area contributed by atoms with Gasteiger partial charge in [0.1, 0.15) is 0 Å². The van der Waals surface area contributed by atoms with Crippen LogP contribution in [0.4, 0.5) is 5.69 Å². The number of hydrazine groups is 1. The van der Waals surface area contributed by atoms with Crippen molar-refractivity contribution in [2.24, 2.45) is 0 Å². The molecule has 7 nitrogen and oxygen atoms in total. The van der Waals surface area contributed by atoms with Crippen molar-refractivity contribution in [3.63, 3.8) is 0 Å². The van der Waals surface area contributed by atoms with Crippen LogP contribution in [0.3, 0.4) is 0 Å². The van der Waals surface area contributed by atoms with E-state index in [1.54, 1.807) is 20.3 Å². The lowest BCUT2D eigenvalue weighted by molar-refractivity contribution is -0.121. The number of rotatable bonds is 9. The van der Waals surface area contributed by atoms with Crippen molar-refractivity contribution in [2.75, 3.05) is 51.9 Å². The predicted octanol–water partition coefficient (Wildman–Crippen LogP) is 3.98. The van der Waals surface area contributed by atoms with Crippen molar-refractivity contribution >= 4 is 17.7 Å². The van der Waals surface area contributed by atoms with E-state index >= 15 is 0 Å². The number of amides is 1. The molecule has 2 aromatic rings. The third-order valence-electron chi connectivity index (χ3n) is 5.60. The quantitative estimate of drug-likeness (QED) is 0.580. The van der Waals surface area contributed by atoms with Gasteiger partial charge >= 0.3 is 0 Å². The van der Waals surface area contributed by atoms with Crippen molar-refractivity contribution in [3.05, 3.63) is 53.1 Å². The lowest BCUT2D eigenvalue weighted by atomic mass is 10.1. The highest BCUT2D eigenvalue weighted by Crippen LogP contribution is 2.39. The average Bonchev–Trinajstić information content (AvgIpc) is 2.82. The van der Waals surface area contributed by atoms with Crippen LogP contribution in [0.15, 0.2) is 36.4 Å². The van der Waals surface area contributed by atoms with Crippen molar-refractivity contribution < 1.29 is 19.0 Å². The zero-order valence-electron chi connectivity index (χ0n) is 20.3. The summed E-state index contributed by atoms with van der Waals surface area (Å²) in [4.78, 5) is 14.9. The molecule has 0 atom stereocenters. The summed E-state index contributed by atoms with van der Waals surface area (Å²) in [6, 6.07) is 10.2. The summed E-state index contributed by atoms with van der Waals surface area (Å²) >= 11 is 0. The third kappa shape index (κ3) is 6.42. The molecule has 3 rings (SSSR count). The number of hydrogen-bond donors (Lipinski definition) is 1. The Hall–Kier alpha value is -3.19. The Morgan fingerprint density at radius 2 is 1.70 bits per heavy atom. The minimum atomic E-state index is -0.167. The van der Waals surface area contributed by atoms with E-state index in [1.165, 1.54) is 22.9 Å². The molecule has 1 aliphatic heterocycles. The number of anilines is 1. The van der Waals surface area contributed by atoms with Gasteiger partial charge in [0.15, 0.2) is 11.5 Å². The highest BCUT2D eigenvalue weighted by molar-refractivity contribution is 5.91. The van der Waals surface area contributed by atoms with E-state index in [2.05, 4.69) is 42.4 Å². The van der Waals surface area contributed by atoms with E-state index in [1.807, 2.05) is 24.1 Å². The molecule has 0 spiro atoms. The second-order valence-corrected chi connectivity index (χ2v) is 8.18. The van der Waals surface area contributed by atoms with Crippen molar-refractivity contribution in [1.29, 1.82) is 0 Å². The number of methoxy groups -OCH3 is 2. The van der Waals surface area contributed by atoms with Gasteiger partial charge in [-0.25, -0.2) is 5.01 Å². The maximum atomic E-state index is 12.5. The highest BCUT2D eigenvalue weighted by Gasteiger charge is 2.19.